The molecule has 1 aromatic carbocycles. The van der Waals surface area contributed by atoms with Gasteiger partial charge in [0.25, 0.3) is 5.91 Å². The van der Waals surface area contributed by atoms with Gasteiger partial charge in [-0.05, 0) is 67.8 Å². The smallest absolute Gasteiger partial charge is 0.266 e. The molecule has 3 aliphatic rings. The Morgan fingerprint density at radius 3 is 2.66 bits per heavy atom. The Labute approximate surface area is 221 Å². The molecular weight excluding hydrogens is 499 g/mol. The fourth-order valence-corrected chi connectivity index (χ4v) is 6.70. The number of halogens is 2. The van der Waals surface area contributed by atoms with E-state index < -0.39 is 5.54 Å². The largest absolute Gasteiger partial charge is 0.287 e. The maximum atomic E-state index is 14.1. The molecule has 1 amide bonds. The molecule has 1 atom stereocenters. The van der Waals surface area contributed by atoms with Crippen molar-refractivity contribution >= 4 is 46.1 Å². The number of amides is 1. The van der Waals surface area contributed by atoms with Gasteiger partial charge in [-0.2, -0.15) is 0 Å². The van der Waals surface area contributed by atoms with E-state index in [0.29, 0.717) is 16.0 Å². The average Bonchev–Trinajstić information content (AvgIpc) is 3.59. The molecule has 1 unspecified atom stereocenters. The second kappa shape index (κ2) is 10.5. The molecular formula is C27H30Cl2N4OS. The summed E-state index contributed by atoms with van der Waals surface area (Å²) in [7, 11) is 0. The molecule has 1 saturated heterocycles. The van der Waals surface area contributed by atoms with Crippen LogP contribution in [-0.2, 0) is 10.3 Å². The first-order chi connectivity index (χ1) is 17.0. The number of nitrogens with one attached hydrogen (secondary N) is 2. The number of hydrogen-bond donors (Lipinski definition) is 2. The number of carbonyl (C=O) groups is 1. The number of piperidine rings is 1. The molecule has 0 radical (unpaired) electrons. The molecule has 1 aliphatic carbocycles. The van der Waals surface area contributed by atoms with Gasteiger partial charge in [0.1, 0.15) is 0 Å². The number of anilines is 1. The minimum Gasteiger partial charge on any atom is -0.287 e. The Balaban J connectivity index is 1.53. The molecule has 3 heterocycles. The van der Waals surface area contributed by atoms with Crippen molar-refractivity contribution in [2.45, 2.75) is 57.4 Å². The summed E-state index contributed by atoms with van der Waals surface area (Å²) >= 11 is 14.2. The SMILES string of the molecule is CC1=CN(c2ccc(Cl)cc2Cl)NC1(C(=O)NN1CCCCC1)c1sccc1C#CC1CCCC1. The van der Waals surface area contributed by atoms with E-state index in [2.05, 4.69) is 22.7 Å². The van der Waals surface area contributed by atoms with Crippen LogP contribution in [0.15, 0.2) is 41.4 Å². The lowest BCUT2D eigenvalue weighted by Crippen LogP contribution is -2.59. The van der Waals surface area contributed by atoms with Crippen LogP contribution in [0, 0.1) is 17.8 Å². The fraction of sp³-hybridized carbons (Fsp3) is 0.444. The van der Waals surface area contributed by atoms with Gasteiger partial charge in [0, 0.05) is 35.8 Å². The second-order valence-corrected chi connectivity index (χ2v) is 11.3. The Morgan fingerprint density at radius 1 is 1.14 bits per heavy atom. The fourth-order valence-electron chi connectivity index (χ4n) is 5.14. The van der Waals surface area contributed by atoms with Crippen LogP contribution in [0.5, 0.6) is 0 Å². The summed E-state index contributed by atoms with van der Waals surface area (Å²) in [6.45, 7) is 3.70. The summed E-state index contributed by atoms with van der Waals surface area (Å²) in [5, 5.41) is 6.97. The third-order valence-electron chi connectivity index (χ3n) is 7.10. The average molecular weight is 530 g/mol. The zero-order valence-electron chi connectivity index (χ0n) is 19.9. The van der Waals surface area contributed by atoms with Crippen LogP contribution in [0.3, 0.4) is 0 Å². The Kier molecular flexibility index (Phi) is 7.43. The molecule has 35 heavy (non-hydrogen) atoms. The summed E-state index contributed by atoms with van der Waals surface area (Å²) in [5.74, 6) is 7.24. The number of hydrazine groups is 2. The van der Waals surface area contributed by atoms with E-state index in [4.69, 9.17) is 23.2 Å². The summed E-state index contributed by atoms with van der Waals surface area (Å²) < 4.78 is 0. The van der Waals surface area contributed by atoms with Gasteiger partial charge < -0.3 is 0 Å². The number of carbonyl (C=O) groups excluding carboxylic acids is 1. The molecule has 5 rings (SSSR count). The molecule has 2 fully saturated rings. The maximum Gasteiger partial charge on any atom is 0.266 e. The lowest BCUT2D eigenvalue weighted by Gasteiger charge is -2.35. The van der Waals surface area contributed by atoms with Gasteiger partial charge in [-0.1, -0.05) is 54.3 Å². The second-order valence-electron chi connectivity index (χ2n) is 9.54. The highest BCUT2D eigenvalue weighted by Gasteiger charge is 2.50. The first kappa shape index (κ1) is 24.7. The van der Waals surface area contributed by atoms with Gasteiger partial charge in [-0.15, -0.1) is 11.3 Å². The van der Waals surface area contributed by atoms with Gasteiger partial charge in [-0.3, -0.25) is 15.2 Å². The van der Waals surface area contributed by atoms with Gasteiger partial charge in [0.15, 0.2) is 5.54 Å². The lowest BCUT2D eigenvalue weighted by atomic mass is 9.88. The summed E-state index contributed by atoms with van der Waals surface area (Å²) in [6, 6.07) is 7.39. The van der Waals surface area contributed by atoms with Gasteiger partial charge in [0.2, 0.25) is 0 Å². The van der Waals surface area contributed by atoms with Crippen LogP contribution in [0.25, 0.3) is 0 Å². The van der Waals surface area contributed by atoms with Crippen LogP contribution in [0.1, 0.15) is 62.3 Å². The van der Waals surface area contributed by atoms with E-state index in [1.54, 1.807) is 23.5 Å². The zero-order valence-corrected chi connectivity index (χ0v) is 22.2. The minimum atomic E-state index is -1.09. The topological polar surface area (TPSA) is 47.6 Å². The molecule has 0 spiro atoms. The normalized spacial score (nSPS) is 23.2. The standard InChI is InChI=1S/C27H30Cl2N4OS/c1-19-18-33(24-12-11-22(28)17-23(24)29)31-27(19,26(34)30-32-14-5-2-6-15-32)25-21(13-16-35-25)10-9-20-7-3-4-8-20/h11-13,16-18,20,31H,2-8,14-15H2,1H3,(H,30,34). The van der Waals surface area contributed by atoms with Crippen LogP contribution in [-0.4, -0.2) is 24.0 Å². The molecule has 0 bridgehead atoms. The third-order valence-corrected chi connectivity index (χ3v) is 8.67. The van der Waals surface area contributed by atoms with E-state index in [0.717, 1.165) is 60.5 Å². The van der Waals surface area contributed by atoms with Gasteiger partial charge in [0.05, 0.1) is 15.6 Å². The van der Waals surface area contributed by atoms with E-state index in [-0.39, 0.29) is 5.91 Å². The quantitative estimate of drug-likeness (QED) is 0.461. The molecule has 2 aliphatic heterocycles. The van der Waals surface area contributed by atoms with Crippen molar-refractivity contribution in [3.05, 3.63) is 61.9 Å². The minimum absolute atomic E-state index is 0.105. The van der Waals surface area contributed by atoms with Crippen molar-refractivity contribution in [2.75, 3.05) is 18.1 Å². The Morgan fingerprint density at radius 2 is 1.91 bits per heavy atom. The number of hydrogen-bond acceptors (Lipinski definition) is 5. The molecule has 1 saturated carbocycles. The van der Waals surface area contributed by atoms with Crippen LogP contribution >= 0.6 is 34.5 Å². The predicted molar refractivity (Wildman–Crippen MR) is 144 cm³/mol. The number of rotatable bonds is 4. The van der Waals surface area contributed by atoms with Gasteiger partial charge >= 0.3 is 0 Å². The van der Waals surface area contributed by atoms with Crippen LogP contribution in [0.2, 0.25) is 10.0 Å². The monoisotopic (exact) mass is 528 g/mol. The lowest BCUT2D eigenvalue weighted by molar-refractivity contribution is -0.131. The molecule has 2 aromatic rings. The molecule has 8 heteroatoms. The van der Waals surface area contributed by atoms with Crippen molar-refractivity contribution in [1.29, 1.82) is 0 Å². The maximum absolute atomic E-state index is 14.1. The highest BCUT2D eigenvalue weighted by molar-refractivity contribution is 7.10. The highest BCUT2D eigenvalue weighted by atomic mass is 35.5. The predicted octanol–water partition coefficient (Wildman–Crippen LogP) is 6.24. The van der Waals surface area contributed by atoms with Crippen molar-refractivity contribution in [3.63, 3.8) is 0 Å². The van der Waals surface area contributed by atoms with Crippen LogP contribution < -0.4 is 15.9 Å². The number of nitrogens with zero attached hydrogens (tertiary/aromatic N) is 2. The summed E-state index contributed by atoms with van der Waals surface area (Å²) in [6.07, 6.45) is 10.1. The van der Waals surface area contributed by atoms with E-state index in [1.807, 2.05) is 40.7 Å². The summed E-state index contributed by atoms with van der Waals surface area (Å²) in [5.41, 5.74) is 8.14. The highest BCUT2D eigenvalue weighted by Crippen LogP contribution is 2.42. The molecule has 1 aromatic heterocycles. The molecule has 184 valence electrons. The number of thiophene rings is 1. The molecule has 5 nitrogen and oxygen atoms in total. The Hall–Kier alpha value is -2.01. The first-order valence-electron chi connectivity index (χ1n) is 12.3. The van der Waals surface area contributed by atoms with Crippen molar-refractivity contribution in [3.8, 4) is 11.8 Å². The third kappa shape index (κ3) is 4.98. The number of benzene rings is 1. The van der Waals surface area contributed by atoms with Crippen LogP contribution in [0.4, 0.5) is 5.69 Å². The molecule has 2 N–H and O–H groups in total. The van der Waals surface area contributed by atoms with Crippen molar-refractivity contribution in [2.24, 2.45) is 5.92 Å². The van der Waals surface area contributed by atoms with Crippen molar-refractivity contribution in [1.82, 2.24) is 15.9 Å². The van der Waals surface area contributed by atoms with Crippen molar-refractivity contribution < 1.29 is 4.79 Å². The Bertz CT molecular complexity index is 1190. The van der Waals surface area contributed by atoms with E-state index in [9.17, 15) is 4.79 Å². The van der Waals surface area contributed by atoms with Gasteiger partial charge in [-0.25, -0.2) is 10.4 Å². The van der Waals surface area contributed by atoms with E-state index >= 15 is 0 Å². The first-order valence-corrected chi connectivity index (χ1v) is 14.0. The van der Waals surface area contributed by atoms with E-state index in [1.165, 1.54) is 19.3 Å². The summed E-state index contributed by atoms with van der Waals surface area (Å²) in [4.78, 5) is 15.0. The zero-order chi connectivity index (χ0) is 24.4.